The van der Waals surface area contributed by atoms with Crippen LogP contribution in [0.3, 0.4) is 0 Å². The quantitative estimate of drug-likeness (QED) is 0.225. The van der Waals surface area contributed by atoms with Gasteiger partial charge in [0.15, 0.2) is 0 Å². The summed E-state index contributed by atoms with van der Waals surface area (Å²) in [6, 6.07) is 6.60. The first-order valence-electron chi connectivity index (χ1n) is 14.5. The number of nitrogens with one attached hydrogen (secondary N) is 1. The minimum atomic E-state index is 0.0645. The summed E-state index contributed by atoms with van der Waals surface area (Å²) in [5, 5.41) is 3.18. The highest BCUT2D eigenvalue weighted by Crippen LogP contribution is 2.32. The summed E-state index contributed by atoms with van der Waals surface area (Å²) in [4.78, 5) is 12.6. The number of anilines is 1. The van der Waals surface area contributed by atoms with Crippen molar-refractivity contribution in [2.45, 2.75) is 162 Å². The van der Waals surface area contributed by atoms with Crippen LogP contribution in [0.5, 0.6) is 0 Å². The van der Waals surface area contributed by atoms with Crippen molar-refractivity contribution in [3.8, 4) is 0 Å². The van der Waals surface area contributed by atoms with E-state index in [1.165, 1.54) is 101 Å². The van der Waals surface area contributed by atoms with Crippen molar-refractivity contribution in [3.63, 3.8) is 0 Å². The fourth-order valence-corrected chi connectivity index (χ4v) is 4.45. The molecule has 1 aromatic rings. The molecule has 2 heteroatoms. The third-order valence-corrected chi connectivity index (χ3v) is 6.96. The van der Waals surface area contributed by atoms with E-state index < -0.39 is 0 Å². The highest BCUT2D eigenvalue weighted by atomic mass is 16.1. The first-order chi connectivity index (χ1) is 16.0. The van der Waals surface area contributed by atoms with Gasteiger partial charge < -0.3 is 5.32 Å². The zero-order valence-electron chi connectivity index (χ0n) is 24.0. The fourth-order valence-electron chi connectivity index (χ4n) is 4.45. The van der Waals surface area contributed by atoms with Crippen molar-refractivity contribution in [1.29, 1.82) is 0 Å². The fraction of sp³-hybridized carbons (Fsp3) is 0.781. The summed E-state index contributed by atoms with van der Waals surface area (Å²) in [5.74, 6) is 0.153. The summed E-state index contributed by atoms with van der Waals surface area (Å²) in [5.41, 5.74) is 3.64. The van der Waals surface area contributed by atoms with Crippen LogP contribution in [0.2, 0.25) is 0 Å². The van der Waals surface area contributed by atoms with Gasteiger partial charge in [-0.15, -0.1) is 0 Å². The lowest BCUT2D eigenvalue weighted by atomic mass is 9.80. The van der Waals surface area contributed by atoms with Crippen LogP contribution in [0.25, 0.3) is 0 Å². The lowest BCUT2D eigenvalue weighted by Gasteiger charge is -2.26. The van der Waals surface area contributed by atoms with Gasteiger partial charge >= 0.3 is 0 Å². The monoisotopic (exact) mass is 471 g/mol. The van der Waals surface area contributed by atoms with Gasteiger partial charge in [0.25, 0.3) is 0 Å². The first-order valence-corrected chi connectivity index (χ1v) is 14.5. The molecule has 0 aliphatic rings. The Kier molecular flexibility index (Phi) is 14.8. The molecule has 2 nitrogen and oxygen atoms in total. The molecule has 1 rings (SSSR count). The van der Waals surface area contributed by atoms with Gasteiger partial charge in [-0.05, 0) is 40.5 Å². The van der Waals surface area contributed by atoms with E-state index in [0.717, 1.165) is 12.1 Å². The molecular formula is C32H57NO. The Morgan fingerprint density at radius 2 is 0.941 bits per heavy atom. The van der Waals surface area contributed by atoms with Crippen LogP contribution < -0.4 is 5.32 Å². The topological polar surface area (TPSA) is 29.1 Å². The zero-order valence-corrected chi connectivity index (χ0v) is 24.0. The Morgan fingerprint density at radius 1 is 0.588 bits per heavy atom. The Bertz CT molecular complexity index is 645. The van der Waals surface area contributed by atoms with Crippen LogP contribution in [0.15, 0.2) is 18.2 Å². The number of hydrogen-bond acceptors (Lipinski definition) is 1. The van der Waals surface area contributed by atoms with Crippen LogP contribution >= 0.6 is 0 Å². The first kappa shape index (κ1) is 30.7. The van der Waals surface area contributed by atoms with Gasteiger partial charge in [0.1, 0.15) is 0 Å². The largest absolute Gasteiger partial charge is 0.326 e. The van der Waals surface area contributed by atoms with Gasteiger partial charge in [-0.2, -0.15) is 0 Å². The lowest BCUT2D eigenvalue weighted by Crippen LogP contribution is -2.18. The number of rotatable bonds is 17. The molecule has 1 amide bonds. The van der Waals surface area contributed by atoms with E-state index in [2.05, 4.69) is 72.0 Å². The maximum atomic E-state index is 12.6. The second kappa shape index (κ2) is 16.4. The Balaban J connectivity index is 2.17. The lowest BCUT2D eigenvalue weighted by molar-refractivity contribution is -0.116. The van der Waals surface area contributed by atoms with E-state index in [1.807, 2.05) is 0 Å². The molecule has 0 radical (unpaired) electrons. The smallest absolute Gasteiger partial charge is 0.224 e. The molecule has 0 aliphatic carbocycles. The van der Waals surface area contributed by atoms with E-state index in [-0.39, 0.29) is 16.7 Å². The van der Waals surface area contributed by atoms with Gasteiger partial charge in [-0.1, -0.05) is 144 Å². The molecule has 0 aliphatic heterocycles. The zero-order chi connectivity index (χ0) is 25.5. The van der Waals surface area contributed by atoms with Crippen molar-refractivity contribution in [2.75, 3.05) is 5.32 Å². The number of benzene rings is 1. The van der Waals surface area contributed by atoms with Crippen molar-refractivity contribution in [3.05, 3.63) is 29.3 Å². The number of carbonyl (C=O) groups is 1. The average molecular weight is 472 g/mol. The SMILES string of the molecule is CCCCCCCCCCCCCCCCCC(=O)Nc1cc(C(C)(C)C)cc(C(C)(C)C)c1. The number of unbranched alkanes of at least 4 members (excludes halogenated alkanes) is 14. The molecule has 196 valence electrons. The third kappa shape index (κ3) is 14.2. The van der Waals surface area contributed by atoms with Crippen LogP contribution in [0, 0.1) is 0 Å². The Morgan fingerprint density at radius 3 is 1.29 bits per heavy atom. The maximum Gasteiger partial charge on any atom is 0.224 e. The molecule has 1 N–H and O–H groups in total. The molecule has 0 fully saturated rings. The van der Waals surface area contributed by atoms with Crippen LogP contribution in [0.4, 0.5) is 5.69 Å². The predicted molar refractivity (Wildman–Crippen MR) is 152 cm³/mol. The highest BCUT2D eigenvalue weighted by Gasteiger charge is 2.21. The van der Waals surface area contributed by atoms with Gasteiger partial charge in [-0.3, -0.25) is 4.79 Å². The van der Waals surface area contributed by atoms with Crippen LogP contribution in [-0.2, 0) is 15.6 Å². The molecule has 0 aromatic heterocycles. The van der Waals surface area contributed by atoms with E-state index in [4.69, 9.17) is 0 Å². The number of hydrogen-bond donors (Lipinski definition) is 1. The van der Waals surface area contributed by atoms with Crippen molar-refractivity contribution in [2.24, 2.45) is 0 Å². The molecule has 34 heavy (non-hydrogen) atoms. The van der Waals surface area contributed by atoms with Crippen molar-refractivity contribution < 1.29 is 4.79 Å². The number of amides is 1. The summed E-state index contributed by atoms with van der Waals surface area (Å²) < 4.78 is 0. The van der Waals surface area contributed by atoms with Gasteiger partial charge in [0.05, 0.1) is 0 Å². The summed E-state index contributed by atoms with van der Waals surface area (Å²) in [7, 11) is 0. The van der Waals surface area contributed by atoms with Crippen molar-refractivity contribution >= 4 is 11.6 Å². The van der Waals surface area contributed by atoms with Gasteiger partial charge in [0.2, 0.25) is 5.91 Å². The van der Waals surface area contributed by atoms with E-state index in [9.17, 15) is 4.79 Å². The molecular weight excluding hydrogens is 414 g/mol. The Labute approximate surface area is 213 Å². The second-order valence-electron chi connectivity index (χ2n) is 12.5. The maximum absolute atomic E-state index is 12.6. The van der Waals surface area contributed by atoms with E-state index >= 15 is 0 Å². The molecule has 0 unspecified atom stereocenters. The predicted octanol–water partition coefficient (Wildman–Crippen LogP) is 10.5. The minimum Gasteiger partial charge on any atom is -0.326 e. The highest BCUT2D eigenvalue weighted by molar-refractivity contribution is 5.90. The molecule has 0 heterocycles. The molecule has 0 spiro atoms. The normalized spacial score (nSPS) is 12.2. The average Bonchev–Trinajstić information content (AvgIpc) is 2.75. The second-order valence-corrected chi connectivity index (χ2v) is 12.5. The van der Waals surface area contributed by atoms with Gasteiger partial charge in [-0.25, -0.2) is 0 Å². The number of carbonyl (C=O) groups excluding carboxylic acids is 1. The molecule has 0 atom stereocenters. The summed E-state index contributed by atoms with van der Waals surface area (Å²) >= 11 is 0. The van der Waals surface area contributed by atoms with Gasteiger partial charge in [0, 0.05) is 12.1 Å². The molecule has 0 saturated heterocycles. The standard InChI is InChI=1S/C32H57NO/c1-8-9-10-11-12-13-14-15-16-17-18-19-20-21-22-23-30(34)33-29-25-27(31(2,3)4)24-28(26-29)32(5,6)7/h24-26H,8-23H2,1-7H3,(H,33,34). The molecule has 0 bridgehead atoms. The van der Waals surface area contributed by atoms with Crippen LogP contribution in [-0.4, -0.2) is 5.91 Å². The van der Waals surface area contributed by atoms with E-state index in [0.29, 0.717) is 6.42 Å². The van der Waals surface area contributed by atoms with Crippen LogP contribution in [0.1, 0.15) is 162 Å². The minimum absolute atomic E-state index is 0.0645. The Hall–Kier alpha value is -1.31. The molecule has 1 aromatic carbocycles. The molecule has 0 saturated carbocycles. The van der Waals surface area contributed by atoms with Crippen molar-refractivity contribution in [1.82, 2.24) is 0 Å². The summed E-state index contributed by atoms with van der Waals surface area (Å²) in [6.07, 6.45) is 20.9. The third-order valence-electron chi connectivity index (χ3n) is 6.96. The van der Waals surface area contributed by atoms with E-state index in [1.54, 1.807) is 0 Å². The summed E-state index contributed by atoms with van der Waals surface area (Å²) in [6.45, 7) is 15.7.